The van der Waals surface area contributed by atoms with Crippen LogP contribution in [0.25, 0.3) is 11.5 Å². The molecule has 1 unspecified atom stereocenters. The van der Waals surface area contributed by atoms with Crippen molar-refractivity contribution in [2.75, 3.05) is 11.5 Å². The van der Waals surface area contributed by atoms with Crippen LogP contribution >= 0.6 is 11.8 Å². The Morgan fingerprint density at radius 2 is 2.33 bits per heavy atom. The van der Waals surface area contributed by atoms with Crippen LogP contribution in [0, 0.1) is 0 Å². The number of amides is 1. The van der Waals surface area contributed by atoms with Crippen molar-refractivity contribution in [3.05, 3.63) is 30.3 Å². The summed E-state index contributed by atoms with van der Waals surface area (Å²) < 4.78 is 5.26. The van der Waals surface area contributed by atoms with E-state index in [2.05, 4.69) is 15.3 Å². The predicted octanol–water partition coefficient (Wildman–Crippen LogP) is 1.08. The first-order valence-electron chi connectivity index (χ1n) is 6.28. The Bertz CT molecular complexity index is 683. The fourth-order valence-corrected chi connectivity index (χ4v) is 2.83. The minimum absolute atomic E-state index is 0.0187. The second-order valence-electron chi connectivity index (χ2n) is 4.49. The number of thioether (sulfide) groups is 1. The highest BCUT2D eigenvalue weighted by Gasteiger charge is 2.28. The highest BCUT2D eigenvalue weighted by atomic mass is 32.2. The molecule has 0 spiro atoms. The van der Waals surface area contributed by atoms with E-state index in [0.717, 1.165) is 5.75 Å². The second kappa shape index (κ2) is 5.57. The fourth-order valence-electron chi connectivity index (χ4n) is 1.90. The molecule has 1 aliphatic heterocycles. The third-order valence-corrected chi connectivity index (χ3v) is 4.02. The summed E-state index contributed by atoms with van der Waals surface area (Å²) in [6.45, 7) is 0. The van der Waals surface area contributed by atoms with Crippen LogP contribution in [0.15, 0.2) is 29.0 Å². The summed E-state index contributed by atoms with van der Waals surface area (Å²) >= 11 is 1.23. The van der Waals surface area contributed by atoms with Crippen molar-refractivity contribution in [2.45, 2.75) is 12.5 Å². The van der Waals surface area contributed by atoms with Crippen molar-refractivity contribution in [3.63, 3.8) is 0 Å². The van der Waals surface area contributed by atoms with Gasteiger partial charge in [0.25, 0.3) is 5.91 Å². The standard InChI is InChI=1S/C13H12N4O3S/c14-10-2-1-7(5-15-10)12-17-9(6-20-12)11(18)16-8-3-4-21-13(8)19/h1-2,5-6,8H,3-4H2,(H2,14,15)(H,16,18). The minimum Gasteiger partial charge on any atom is -0.444 e. The van der Waals surface area contributed by atoms with Gasteiger partial charge in [0.15, 0.2) is 5.69 Å². The zero-order valence-corrected chi connectivity index (χ0v) is 11.7. The van der Waals surface area contributed by atoms with E-state index in [-0.39, 0.29) is 16.7 Å². The topological polar surface area (TPSA) is 111 Å². The molecule has 0 saturated carbocycles. The molecule has 2 aromatic rings. The van der Waals surface area contributed by atoms with Crippen molar-refractivity contribution in [1.82, 2.24) is 15.3 Å². The highest BCUT2D eigenvalue weighted by Crippen LogP contribution is 2.21. The molecule has 0 bridgehead atoms. The van der Waals surface area contributed by atoms with Gasteiger partial charge in [-0.1, -0.05) is 11.8 Å². The molecule has 7 nitrogen and oxygen atoms in total. The van der Waals surface area contributed by atoms with Crippen LogP contribution in [-0.2, 0) is 4.79 Å². The predicted molar refractivity (Wildman–Crippen MR) is 77.5 cm³/mol. The molecule has 2 aromatic heterocycles. The number of nitrogens with two attached hydrogens (primary N) is 1. The largest absolute Gasteiger partial charge is 0.444 e. The van der Waals surface area contributed by atoms with E-state index in [1.165, 1.54) is 24.2 Å². The first-order valence-corrected chi connectivity index (χ1v) is 7.27. The fraction of sp³-hybridized carbons (Fsp3) is 0.231. The maximum absolute atomic E-state index is 12.0. The van der Waals surface area contributed by atoms with Crippen LogP contribution < -0.4 is 11.1 Å². The number of oxazole rings is 1. The van der Waals surface area contributed by atoms with Crippen LogP contribution in [0.4, 0.5) is 5.82 Å². The summed E-state index contributed by atoms with van der Waals surface area (Å²) in [6, 6.07) is 2.88. The molecule has 3 heterocycles. The number of pyridine rings is 1. The lowest BCUT2D eigenvalue weighted by Gasteiger charge is -2.07. The van der Waals surface area contributed by atoms with Crippen LogP contribution in [-0.4, -0.2) is 32.8 Å². The van der Waals surface area contributed by atoms with E-state index in [9.17, 15) is 9.59 Å². The molecule has 108 valence electrons. The van der Waals surface area contributed by atoms with Gasteiger partial charge in [-0.3, -0.25) is 9.59 Å². The molecule has 1 saturated heterocycles. The van der Waals surface area contributed by atoms with Gasteiger partial charge in [0.1, 0.15) is 12.1 Å². The van der Waals surface area contributed by atoms with Crippen LogP contribution in [0.5, 0.6) is 0 Å². The molecule has 21 heavy (non-hydrogen) atoms. The summed E-state index contributed by atoms with van der Waals surface area (Å²) in [7, 11) is 0. The summed E-state index contributed by atoms with van der Waals surface area (Å²) in [4.78, 5) is 31.5. The third kappa shape index (κ3) is 2.89. The van der Waals surface area contributed by atoms with Crippen molar-refractivity contribution < 1.29 is 14.0 Å². The SMILES string of the molecule is Nc1ccc(-c2nc(C(=O)NC3CCSC3=O)co2)cn1. The van der Waals surface area contributed by atoms with Crippen molar-refractivity contribution in [1.29, 1.82) is 0 Å². The molecular weight excluding hydrogens is 292 g/mol. The van der Waals surface area contributed by atoms with Crippen LogP contribution in [0.2, 0.25) is 0 Å². The highest BCUT2D eigenvalue weighted by molar-refractivity contribution is 8.14. The quantitative estimate of drug-likeness (QED) is 0.872. The average Bonchev–Trinajstić information content (AvgIpc) is 3.10. The molecule has 3 rings (SSSR count). The van der Waals surface area contributed by atoms with Gasteiger partial charge in [0.2, 0.25) is 11.0 Å². The summed E-state index contributed by atoms with van der Waals surface area (Å²) in [6.07, 6.45) is 3.41. The molecule has 1 amide bonds. The van der Waals surface area contributed by atoms with E-state index in [1.807, 2.05) is 0 Å². The van der Waals surface area contributed by atoms with Crippen molar-refractivity contribution >= 4 is 28.6 Å². The number of aromatic nitrogens is 2. The first kappa shape index (κ1) is 13.6. The van der Waals surface area contributed by atoms with Gasteiger partial charge < -0.3 is 15.5 Å². The number of hydrogen-bond acceptors (Lipinski definition) is 7. The molecule has 0 aromatic carbocycles. The average molecular weight is 304 g/mol. The Morgan fingerprint density at radius 1 is 1.48 bits per heavy atom. The molecule has 0 aliphatic carbocycles. The number of rotatable bonds is 3. The Balaban J connectivity index is 1.73. The molecule has 8 heteroatoms. The lowest BCUT2D eigenvalue weighted by molar-refractivity contribution is -0.112. The number of carbonyl (C=O) groups is 2. The van der Waals surface area contributed by atoms with Crippen molar-refractivity contribution in [2.24, 2.45) is 0 Å². The van der Waals surface area contributed by atoms with Gasteiger partial charge in [-0.25, -0.2) is 9.97 Å². The number of carbonyl (C=O) groups excluding carboxylic acids is 2. The summed E-state index contributed by atoms with van der Waals surface area (Å²) in [5.74, 6) is 0.972. The van der Waals surface area contributed by atoms with Gasteiger partial charge in [0, 0.05) is 11.9 Å². The first-order chi connectivity index (χ1) is 10.1. The van der Waals surface area contributed by atoms with E-state index in [4.69, 9.17) is 10.2 Å². The number of nitrogens with one attached hydrogen (secondary N) is 1. The van der Waals surface area contributed by atoms with E-state index in [1.54, 1.807) is 12.1 Å². The van der Waals surface area contributed by atoms with Crippen LogP contribution in [0.3, 0.4) is 0 Å². The van der Waals surface area contributed by atoms with E-state index in [0.29, 0.717) is 17.8 Å². The van der Waals surface area contributed by atoms with E-state index >= 15 is 0 Å². The second-order valence-corrected chi connectivity index (χ2v) is 5.59. The third-order valence-electron chi connectivity index (χ3n) is 3.01. The minimum atomic E-state index is -0.444. The molecule has 0 radical (unpaired) electrons. The Morgan fingerprint density at radius 3 is 3.00 bits per heavy atom. The Kier molecular flexibility index (Phi) is 3.61. The summed E-state index contributed by atoms with van der Waals surface area (Å²) in [5, 5.41) is 2.63. The number of nitrogen functional groups attached to an aromatic ring is 1. The van der Waals surface area contributed by atoms with Gasteiger partial charge in [-0.15, -0.1) is 0 Å². The number of nitrogens with zero attached hydrogens (tertiary/aromatic N) is 2. The normalized spacial score (nSPS) is 17.9. The van der Waals surface area contributed by atoms with E-state index < -0.39 is 11.9 Å². The molecule has 3 N–H and O–H groups in total. The summed E-state index contributed by atoms with van der Waals surface area (Å²) in [5.41, 5.74) is 6.25. The maximum atomic E-state index is 12.0. The lowest BCUT2D eigenvalue weighted by atomic mass is 10.2. The van der Waals surface area contributed by atoms with Gasteiger partial charge in [0.05, 0.1) is 11.6 Å². The Hall–Kier alpha value is -2.35. The molecule has 1 aliphatic rings. The van der Waals surface area contributed by atoms with Gasteiger partial charge >= 0.3 is 0 Å². The smallest absolute Gasteiger partial charge is 0.273 e. The van der Waals surface area contributed by atoms with Gasteiger partial charge in [-0.05, 0) is 18.6 Å². The lowest BCUT2D eigenvalue weighted by Crippen LogP contribution is -2.37. The monoisotopic (exact) mass is 304 g/mol. The number of hydrogen-bond donors (Lipinski definition) is 2. The van der Waals surface area contributed by atoms with Gasteiger partial charge in [-0.2, -0.15) is 0 Å². The van der Waals surface area contributed by atoms with Crippen LogP contribution in [0.1, 0.15) is 16.9 Å². The molecule has 1 atom stereocenters. The zero-order chi connectivity index (χ0) is 14.8. The number of anilines is 1. The van der Waals surface area contributed by atoms with Crippen molar-refractivity contribution in [3.8, 4) is 11.5 Å². The maximum Gasteiger partial charge on any atom is 0.273 e. The molecular formula is C13H12N4O3S. The Labute approximate surface area is 124 Å². The molecule has 1 fully saturated rings. The zero-order valence-electron chi connectivity index (χ0n) is 10.9.